The largest absolute Gasteiger partial charge is 0.469 e. The number of nitrogens with two attached hydrogens (primary N) is 1. The second kappa shape index (κ2) is 7.06. The maximum absolute atomic E-state index is 11.9. The Hall–Kier alpha value is -0.660. The van der Waals surface area contributed by atoms with Gasteiger partial charge in [0.25, 0.3) is 0 Å². The molecule has 1 unspecified atom stereocenters. The first-order valence-corrected chi connectivity index (χ1v) is 7.60. The van der Waals surface area contributed by atoms with Crippen molar-refractivity contribution in [1.29, 1.82) is 0 Å². The van der Waals surface area contributed by atoms with E-state index in [0.717, 1.165) is 0 Å². The Morgan fingerprint density at radius 2 is 2.00 bits per heavy atom. The Kier molecular flexibility index (Phi) is 6.80. The molecule has 0 spiro atoms. The van der Waals surface area contributed by atoms with Gasteiger partial charge in [-0.3, -0.25) is 4.79 Å². The third-order valence-electron chi connectivity index (χ3n) is 3.11. The number of rotatable bonds is 8. The van der Waals surface area contributed by atoms with Gasteiger partial charge in [-0.15, -0.1) is 0 Å². The minimum Gasteiger partial charge on any atom is -0.469 e. The summed E-state index contributed by atoms with van der Waals surface area (Å²) in [6, 6.07) is 0. The van der Waals surface area contributed by atoms with Crippen molar-refractivity contribution in [2.75, 3.05) is 19.4 Å². The highest BCUT2D eigenvalue weighted by atomic mass is 32.2. The molecule has 0 aromatic rings. The molecule has 0 aliphatic carbocycles. The summed E-state index contributed by atoms with van der Waals surface area (Å²) in [6.07, 6.45) is 0.333. The van der Waals surface area contributed by atoms with Crippen molar-refractivity contribution in [2.45, 2.75) is 39.2 Å². The fourth-order valence-corrected chi connectivity index (χ4v) is 2.97. The normalized spacial score (nSPS) is 15.4. The smallest absolute Gasteiger partial charge is 0.305 e. The van der Waals surface area contributed by atoms with Crippen LogP contribution in [0.5, 0.6) is 0 Å². The molecule has 0 amide bonds. The molecule has 108 valence electrons. The Labute approximate surface area is 109 Å². The number of esters is 1. The molecule has 18 heavy (non-hydrogen) atoms. The average Bonchev–Trinajstić information content (AvgIpc) is 2.27. The lowest BCUT2D eigenvalue weighted by Gasteiger charge is -2.33. The first-order valence-electron chi connectivity index (χ1n) is 5.95. The third-order valence-corrected chi connectivity index (χ3v) is 4.71. The summed E-state index contributed by atoms with van der Waals surface area (Å²) in [5.41, 5.74) is 4.95. The molecule has 1 atom stereocenters. The van der Waals surface area contributed by atoms with E-state index in [-0.39, 0.29) is 31.1 Å². The van der Waals surface area contributed by atoms with Crippen molar-refractivity contribution < 1.29 is 17.9 Å². The minimum atomic E-state index is -3.44. The molecule has 0 aliphatic rings. The monoisotopic (exact) mass is 280 g/mol. The van der Waals surface area contributed by atoms with Gasteiger partial charge in [0.1, 0.15) is 0 Å². The van der Waals surface area contributed by atoms with E-state index in [1.165, 1.54) is 7.11 Å². The second-order valence-electron chi connectivity index (χ2n) is 4.88. The maximum atomic E-state index is 11.9. The van der Waals surface area contributed by atoms with Crippen molar-refractivity contribution >= 4 is 16.0 Å². The lowest BCUT2D eigenvalue weighted by Crippen LogP contribution is -2.55. The summed E-state index contributed by atoms with van der Waals surface area (Å²) in [7, 11) is -2.16. The van der Waals surface area contributed by atoms with Crippen LogP contribution in [-0.2, 0) is 19.6 Å². The van der Waals surface area contributed by atoms with Gasteiger partial charge in [-0.1, -0.05) is 13.8 Å². The number of hydrogen-bond acceptors (Lipinski definition) is 5. The van der Waals surface area contributed by atoms with Crippen LogP contribution >= 0.6 is 0 Å². The van der Waals surface area contributed by atoms with Gasteiger partial charge in [0.2, 0.25) is 10.0 Å². The van der Waals surface area contributed by atoms with Crippen LogP contribution in [0.2, 0.25) is 0 Å². The lowest BCUT2D eigenvalue weighted by atomic mass is 9.90. The molecule has 0 aromatic carbocycles. The standard InChI is InChI=1S/C11H24N2O4S/c1-9(2)11(3,8-12)13-18(15,16)7-5-6-10(14)17-4/h9,13H,5-8,12H2,1-4H3. The molecule has 6 nitrogen and oxygen atoms in total. The third kappa shape index (κ3) is 5.79. The molecule has 0 rings (SSSR count). The van der Waals surface area contributed by atoms with Crippen molar-refractivity contribution in [3.05, 3.63) is 0 Å². The first-order chi connectivity index (χ1) is 8.17. The molecule has 0 saturated heterocycles. The summed E-state index contributed by atoms with van der Waals surface area (Å²) >= 11 is 0. The zero-order chi connectivity index (χ0) is 14.4. The Bertz CT molecular complexity index is 367. The highest BCUT2D eigenvalue weighted by molar-refractivity contribution is 7.89. The van der Waals surface area contributed by atoms with E-state index < -0.39 is 21.5 Å². The molecule has 0 saturated carbocycles. The van der Waals surface area contributed by atoms with Crippen molar-refractivity contribution in [2.24, 2.45) is 11.7 Å². The van der Waals surface area contributed by atoms with Crippen LogP contribution in [0, 0.1) is 5.92 Å². The van der Waals surface area contributed by atoms with Crippen LogP contribution in [0.3, 0.4) is 0 Å². The molecular weight excluding hydrogens is 256 g/mol. The number of carbonyl (C=O) groups excluding carboxylic acids is 1. The van der Waals surface area contributed by atoms with Crippen LogP contribution in [0.25, 0.3) is 0 Å². The van der Waals surface area contributed by atoms with Crippen LogP contribution < -0.4 is 10.5 Å². The fraction of sp³-hybridized carbons (Fsp3) is 0.909. The average molecular weight is 280 g/mol. The number of hydrogen-bond donors (Lipinski definition) is 2. The molecule has 3 N–H and O–H groups in total. The van der Waals surface area contributed by atoms with Gasteiger partial charge in [-0.05, 0) is 19.3 Å². The number of nitrogens with one attached hydrogen (secondary N) is 1. The van der Waals surface area contributed by atoms with Gasteiger partial charge in [0.15, 0.2) is 0 Å². The van der Waals surface area contributed by atoms with Crippen molar-refractivity contribution in [1.82, 2.24) is 4.72 Å². The summed E-state index contributed by atoms with van der Waals surface area (Å²) < 4.78 is 30.8. The van der Waals surface area contributed by atoms with E-state index in [2.05, 4.69) is 9.46 Å². The second-order valence-corrected chi connectivity index (χ2v) is 6.72. The van der Waals surface area contributed by atoms with Crippen LogP contribution in [-0.4, -0.2) is 39.3 Å². The number of methoxy groups -OCH3 is 1. The van der Waals surface area contributed by atoms with Crippen molar-refractivity contribution in [3.8, 4) is 0 Å². The fourth-order valence-electron chi connectivity index (χ4n) is 1.31. The molecule has 0 aromatic heterocycles. The van der Waals surface area contributed by atoms with Crippen LogP contribution in [0.1, 0.15) is 33.6 Å². The number of sulfonamides is 1. The topological polar surface area (TPSA) is 98.5 Å². The number of carbonyl (C=O) groups is 1. The van der Waals surface area contributed by atoms with Crippen molar-refractivity contribution in [3.63, 3.8) is 0 Å². The number of ether oxygens (including phenoxy) is 1. The van der Waals surface area contributed by atoms with Gasteiger partial charge >= 0.3 is 5.97 Å². The van der Waals surface area contributed by atoms with Gasteiger partial charge in [-0.2, -0.15) is 0 Å². The van der Waals surface area contributed by atoms with Crippen LogP contribution in [0.4, 0.5) is 0 Å². The van der Waals surface area contributed by atoms with Gasteiger partial charge in [0.05, 0.1) is 12.9 Å². The molecule has 7 heteroatoms. The molecule has 0 heterocycles. The van der Waals surface area contributed by atoms with E-state index in [1.54, 1.807) is 6.92 Å². The Morgan fingerprint density at radius 3 is 2.39 bits per heavy atom. The highest BCUT2D eigenvalue weighted by Crippen LogP contribution is 2.16. The van der Waals surface area contributed by atoms with E-state index in [1.807, 2.05) is 13.8 Å². The maximum Gasteiger partial charge on any atom is 0.305 e. The predicted molar refractivity (Wildman–Crippen MR) is 70.5 cm³/mol. The highest BCUT2D eigenvalue weighted by Gasteiger charge is 2.31. The zero-order valence-electron chi connectivity index (χ0n) is 11.5. The minimum absolute atomic E-state index is 0.0814. The SMILES string of the molecule is COC(=O)CCCS(=O)(=O)NC(C)(CN)C(C)C. The van der Waals surface area contributed by atoms with Crippen LogP contribution in [0.15, 0.2) is 0 Å². The summed E-state index contributed by atoms with van der Waals surface area (Å²) in [5, 5.41) is 0. The lowest BCUT2D eigenvalue weighted by molar-refractivity contribution is -0.140. The quantitative estimate of drug-likeness (QED) is 0.620. The zero-order valence-corrected chi connectivity index (χ0v) is 12.3. The van der Waals surface area contributed by atoms with E-state index in [4.69, 9.17) is 5.73 Å². The molecule has 0 bridgehead atoms. The molecular formula is C11H24N2O4S. The predicted octanol–water partition coefficient (Wildman–Crippen LogP) is 0.232. The summed E-state index contributed by atoms with van der Waals surface area (Å²) in [6.45, 7) is 5.81. The van der Waals surface area contributed by atoms with E-state index in [0.29, 0.717) is 0 Å². The first kappa shape index (κ1) is 17.3. The van der Waals surface area contributed by atoms with E-state index in [9.17, 15) is 13.2 Å². The molecule has 0 radical (unpaired) electrons. The van der Waals surface area contributed by atoms with Gasteiger partial charge < -0.3 is 10.5 Å². The summed E-state index contributed by atoms with van der Waals surface area (Å²) in [4.78, 5) is 10.9. The van der Waals surface area contributed by atoms with E-state index >= 15 is 0 Å². The van der Waals surface area contributed by atoms with Gasteiger partial charge in [-0.25, -0.2) is 13.1 Å². The Morgan fingerprint density at radius 1 is 1.44 bits per heavy atom. The summed E-state index contributed by atoms with van der Waals surface area (Å²) in [5.74, 6) is -0.432. The molecule has 0 fully saturated rings. The Balaban J connectivity index is 4.43. The van der Waals surface area contributed by atoms with Gasteiger partial charge in [0, 0.05) is 18.5 Å². The molecule has 0 aliphatic heterocycles.